The van der Waals surface area contributed by atoms with Crippen LogP contribution >= 0.6 is 0 Å². The molecule has 196 valence electrons. The molecule has 0 aliphatic heterocycles. The number of nitrogens with one attached hydrogen (secondary N) is 4. The van der Waals surface area contributed by atoms with Crippen molar-refractivity contribution in [2.24, 2.45) is 0 Å². The Bertz CT molecular complexity index is 612. The highest BCUT2D eigenvalue weighted by atomic mass is 32.2. The number of hydrogen-bond donors (Lipinski definition) is 12. The average Bonchev–Trinajstić information content (AvgIpc) is 2.56. The number of rotatable bonds is 18. The monoisotopic (exact) mass is 548 g/mol. The SMILES string of the molecule is O=S(=O)(O)NCCCNCCC[Si](O)(O)O.O=S(=O)(O)NCCCNCCC[Si](O)(O)O. The van der Waals surface area contributed by atoms with Gasteiger partial charge in [-0.3, -0.25) is 9.11 Å². The topological polar surface area (TPSA) is 278 Å². The first-order valence-corrected chi connectivity index (χ1v) is 16.6. The summed E-state index contributed by atoms with van der Waals surface area (Å²) in [5, 5.41) is 5.83. The lowest BCUT2D eigenvalue weighted by atomic mass is 10.4. The van der Waals surface area contributed by atoms with Gasteiger partial charge in [0.25, 0.3) is 0 Å². The molecule has 0 spiro atoms. The van der Waals surface area contributed by atoms with Crippen molar-refractivity contribution >= 4 is 38.2 Å². The van der Waals surface area contributed by atoms with Gasteiger partial charge in [0.15, 0.2) is 0 Å². The summed E-state index contributed by atoms with van der Waals surface area (Å²) in [5.41, 5.74) is 0. The maximum absolute atomic E-state index is 10.2. The van der Waals surface area contributed by atoms with Crippen LogP contribution in [0.15, 0.2) is 0 Å². The van der Waals surface area contributed by atoms with Crippen molar-refractivity contribution in [1.29, 1.82) is 0 Å². The van der Waals surface area contributed by atoms with Crippen molar-refractivity contribution < 1.29 is 54.7 Å². The molecule has 0 radical (unpaired) electrons. The van der Waals surface area contributed by atoms with Gasteiger partial charge in [-0.2, -0.15) is 26.3 Å². The maximum atomic E-state index is 10.2. The van der Waals surface area contributed by atoms with E-state index in [-0.39, 0.29) is 25.2 Å². The van der Waals surface area contributed by atoms with E-state index in [2.05, 4.69) is 10.6 Å². The average molecular weight is 549 g/mol. The molecule has 0 fully saturated rings. The molecule has 0 aromatic rings. The molecule has 16 nitrogen and oxygen atoms in total. The fourth-order valence-electron chi connectivity index (χ4n) is 1.98. The molecule has 0 unspecified atom stereocenters. The van der Waals surface area contributed by atoms with Crippen molar-refractivity contribution in [2.75, 3.05) is 39.3 Å². The minimum Gasteiger partial charge on any atom is -0.390 e. The molecule has 0 heterocycles. The van der Waals surface area contributed by atoms with Crippen molar-refractivity contribution in [3.05, 3.63) is 0 Å². The zero-order valence-corrected chi connectivity index (χ0v) is 21.1. The van der Waals surface area contributed by atoms with E-state index in [0.29, 0.717) is 51.9 Å². The van der Waals surface area contributed by atoms with Gasteiger partial charge in [0.05, 0.1) is 0 Å². The Hall–Kier alpha value is -0.146. The quantitative estimate of drug-likeness (QED) is 0.0436. The smallest absolute Gasteiger partial charge is 0.390 e. The third-order valence-electron chi connectivity index (χ3n) is 3.36. The predicted molar refractivity (Wildman–Crippen MR) is 118 cm³/mol. The van der Waals surface area contributed by atoms with E-state index in [1.54, 1.807) is 0 Å². The second-order valence-corrected chi connectivity index (χ2v) is 13.3. The summed E-state index contributed by atoms with van der Waals surface area (Å²) in [6.45, 7) is 2.32. The summed E-state index contributed by atoms with van der Waals surface area (Å²) in [5.74, 6) is 0. The molecule has 0 bridgehead atoms. The zero-order chi connectivity index (χ0) is 25.3. The first-order valence-electron chi connectivity index (χ1n) is 9.61. The van der Waals surface area contributed by atoms with Crippen LogP contribution in [0, 0.1) is 0 Å². The minimum absolute atomic E-state index is 0.0245. The lowest BCUT2D eigenvalue weighted by Gasteiger charge is -2.09. The molecular formula is C12H36N4O12S2Si2. The summed E-state index contributed by atoms with van der Waals surface area (Å²) in [6.07, 6.45) is 1.86. The number of hydrogen-bond acceptors (Lipinski definition) is 12. The highest BCUT2D eigenvalue weighted by Gasteiger charge is 2.25. The van der Waals surface area contributed by atoms with Crippen LogP contribution in [0.25, 0.3) is 0 Å². The van der Waals surface area contributed by atoms with E-state index in [0.717, 1.165) is 0 Å². The molecule has 12 N–H and O–H groups in total. The van der Waals surface area contributed by atoms with Crippen LogP contribution in [0.1, 0.15) is 25.7 Å². The largest absolute Gasteiger partial charge is 0.492 e. The minimum atomic E-state index is -4.11. The molecule has 0 rings (SSSR count). The summed E-state index contributed by atoms with van der Waals surface area (Å²) in [7, 11) is -16.1. The van der Waals surface area contributed by atoms with Gasteiger partial charge in [0, 0.05) is 25.2 Å². The molecule has 0 saturated carbocycles. The van der Waals surface area contributed by atoms with Crippen molar-refractivity contribution in [2.45, 2.75) is 37.8 Å². The maximum Gasteiger partial charge on any atom is 0.492 e. The fourth-order valence-corrected chi connectivity index (χ4v) is 4.09. The van der Waals surface area contributed by atoms with Gasteiger partial charge >= 0.3 is 38.2 Å². The highest BCUT2D eigenvalue weighted by molar-refractivity contribution is 7.84. The zero-order valence-electron chi connectivity index (χ0n) is 17.5. The Morgan fingerprint density at radius 3 is 1.03 bits per heavy atom. The van der Waals surface area contributed by atoms with E-state index < -0.39 is 38.2 Å². The Morgan fingerprint density at radius 2 is 0.781 bits per heavy atom. The van der Waals surface area contributed by atoms with Crippen LogP contribution in [0.5, 0.6) is 0 Å². The Balaban J connectivity index is 0. The first-order chi connectivity index (χ1) is 14.4. The summed E-state index contributed by atoms with van der Waals surface area (Å²) < 4.78 is 61.3. The lowest BCUT2D eigenvalue weighted by Crippen LogP contribution is -2.35. The van der Waals surface area contributed by atoms with Gasteiger partial charge in [-0.05, 0) is 51.9 Å². The molecule has 0 aromatic heterocycles. The van der Waals surface area contributed by atoms with E-state index in [4.69, 9.17) is 37.9 Å². The van der Waals surface area contributed by atoms with Crippen LogP contribution < -0.4 is 20.1 Å². The Labute approximate surface area is 190 Å². The van der Waals surface area contributed by atoms with E-state index >= 15 is 0 Å². The standard InChI is InChI=1S/2C6H18N2O6SSi/c2*9-15(10,11)8-5-1-3-7-4-2-6-16(12,13)14/h2*7-8,12-14H,1-6H2,(H,9,10,11). The molecule has 32 heavy (non-hydrogen) atoms. The van der Waals surface area contributed by atoms with Crippen LogP contribution in [0.4, 0.5) is 0 Å². The predicted octanol–water partition coefficient (Wildman–Crippen LogP) is -4.67. The molecule has 0 aromatic carbocycles. The summed E-state index contributed by atoms with van der Waals surface area (Å²) in [6, 6.07) is -0.0491. The Kier molecular flexibility index (Phi) is 18.4. The molecule has 0 saturated heterocycles. The van der Waals surface area contributed by atoms with Gasteiger partial charge in [0.1, 0.15) is 0 Å². The van der Waals surface area contributed by atoms with Crippen LogP contribution in [-0.4, -0.2) is 112 Å². The molecule has 20 heteroatoms. The van der Waals surface area contributed by atoms with Crippen LogP contribution in [0.3, 0.4) is 0 Å². The van der Waals surface area contributed by atoms with Gasteiger partial charge in [-0.25, -0.2) is 0 Å². The fraction of sp³-hybridized carbons (Fsp3) is 1.00. The van der Waals surface area contributed by atoms with Gasteiger partial charge in [-0.1, -0.05) is 0 Å². The van der Waals surface area contributed by atoms with E-state index in [1.165, 1.54) is 0 Å². The highest BCUT2D eigenvalue weighted by Crippen LogP contribution is 2.00. The first kappa shape index (κ1) is 34.0. The summed E-state index contributed by atoms with van der Waals surface area (Å²) >= 11 is 0. The van der Waals surface area contributed by atoms with Gasteiger partial charge < -0.3 is 39.4 Å². The van der Waals surface area contributed by atoms with E-state index in [9.17, 15) is 16.8 Å². The summed E-state index contributed by atoms with van der Waals surface area (Å²) in [4.78, 5) is 52.0. The van der Waals surface area contributed by atoms with Gasteiger partial charge in [-0.15, -0.1) is 0 Å². The molecule has 0 aliphatic carbocycles. The van der Waals surface area contributed by atoms with Crippen LogP contribution in [0.2, 0.25) is 12.1 Å². The second kappa shape index (κ2) is 17.3. The molecule has 0 aliphatic rings. The molecular weight excluding hydrogens is 512 g/mol. The molecule has 0 atom stereocenters. The van der Waals surface area contributed by atoms with Crippen molar-refractivity contribution in [3.63, 3.8) is 0 Å². The molecule has 0 amide bonds. The van der Waals surface area contributed by atoms with E-state index in [1.807, 2.05) is 9.44 Å². The van der Waals surface area contributed by atoms with Crippen molar-refractivity contribution in [3.8, 4) is 0 Å². The van der Waals surface area contributed by atoms with Gasteiger partial charge in [0.2, 0.25) is 0 Å². The third kappa shape index (κ3) is 37.2. The lowest BCUT2D eigenvalue weighted by molar-refractivity contribution is 0.224. The normalized spacial score (nSPS) is 13.0. The third-order valence-corrected chi connectivity index (χ3v) is 6.55. The van der Waals surface area contributed by atoms with Crippen molar-refractivity contribution in [1.82, 2.24) is 20.1 Å². The second-order valence-electron chi connectivity index (χ2n) is 6.70. The van der Waals surface area contributed by atoms with Crippen LogP contribution in [-0.2, 0) is 20.6 Å². The Morgan fingerprint density at radius 1 is 0.500 bits per heavy atom.